The van der Waals surface area contributed by atoms with Gasteiger partial charge in [0.1, 0.15) is 7.66 Å². The summed E-state index contributed by atoms with van der Waals surface area (Å²) >= 11 is 3.62. The van der Waals surface area contributed by atoms with Crippen LogP contribution in [0.3, 0.4) is 0 Å². The summed E-state index contributed by atoms with van der Waals surface area (Å²) < 4.78 is 2.70. The lowest BCUT2D eigenvalue weighted by Crippen LogP contribution is -2.26. The van der Waals surface area contributed by atoms with E-state index in [0.29, 0.717) is 0 Å². The van der Waals surface area contributed by atoms with Crippen molar-refractivity contribution >= 4 is 32.1 Å². The van der Waals surface area contributed by atoms with Gasteiger partial charge in [0.15, 0.2) is 0 Å². The molecule has 0 N–H and O–H groups in total. The van der Waals surface area contributed by atoms with Gasteiger partial charge in [0, 0.05) is 0 Å². The second-order valence-electron chi connectivity index (χ2n) is 2.24. The molecule has 0 aromatic carbocycles. The van der Waals surface area contributed by atoms with Crippen molar-refractivity contribution in [1.82, 2.24) is 4.57 Å². The van der Waals surface area contributed by atoms with Crippen LogP contribution in [-0.2, 0) is 0 Å². The van der Waals surface area contributed by atoms with Crippen LogP contribution in [0.15, 0.2) is 0 Å². The van der Waals surface area contributed by atoms with Crippen molar-refractivity contribution in [2.24, 2.45) is 0 Å². The smallest absolute Gasteiger partial charge is 0.102 e. The zero-order valence-electron chi connectivity index (χ0n) is 5.07. The molecule has 8 heavy (non-hydrogen) atoms. The molecule has 0 atom stereocenters. The molecular formula is C4H12BrNSi2. The Balaban J connectivity index is 2.06. The molecule has 0 spiro atoms. The average molecular weight is 210 g/mol. The molecule has 0 unspecified atom stereocenters. The predicted octanol–water partition coefficient (Wildman–Crippen LogP) is -0.440. The fraction of sp³-hybridized carbons (Fsp3) is 1.00. The molecule has 0 aromatic rings. The highest BCUT2D eigenvalue weighted by molar-refractivity contribution is 9.24. The maximum absolute atomic E-state index is 3.62. The van der Waals surface area contributed by atoms with E-state index in [1.165, 1.54) is 25.9 Å². The molecule has 48 valence electrons. The molecule has 0 amide bonds. The van der Waals surface area contributed by atoms with Gasteiger partial charge in [-0.25, -0.2) is 0 Å². The quantitative estimate of drug-likeness (QED) is 0.441. The first-order valence-corrected chi connectivity index (χ1v) is 11.7. The molecule has 4 heteroatoms. The molecule has 1 nitrogen and oxygen atoms in total. The molecular weight excluding hydrogens is 198 g/mol. The lowest BCUT2D eigenvalue weighted by atomic mass is 10.4. The highest BCUT2D eigenvalue weighted by atomic mass is 79.9. The van der Waals surface area contributed by atoms with Crippen molar-refractivity contribution in [2.75, 3.05) is 13.1 Å². The SMILES string of the molecule is Br[SiH2][SiH2]N1CCCC1. The second-order valence-corrected chi connectivity index (χ2v) is 13.6. The molecule has 1 aliphatic heterocycles. The summed E-state index contributed by atoms with van der Waals surface area (Å²) in [5.74, 6) is 0. The summed E-state index contributed by atoms with van der Waals surface area (Å²) in [5, 5.41) is 0. The lowest BCUT2D eigenvalue weighted by molar-refractivity contribution is 0.561. The van der Waals surface area contributed by atoms with E-state index < -0.39 is 0 Å². The van der Waals surface area contributed by atoms with Crippen molar-refractivity contribution < 1.29 is 0 Å². The third kappa shape index (κ3) is 2.01. The third-order valence-electron chi connectivity index (χ3n) is 1.60. The number of rotatable bonds is 2. The second kappa shape index (κ2) is 3.82. The van der Waals surface area contributed by atoms with Crippen LogP contribution in [0, 0.1) is 0 Å². The van der Waals surface area contributed by atoms with Gasteiger partial charge < -0.3 is 4.57 Å². The molecule has 0 aromatic heterocycles. The molecule has 0 saturated carbocycles. The van der Waals surface area contributed by atoms with Gasteiger partial charge in [-0.3, -0.25) is 0 Å². The molecule has 1 aliphatic rings. The van der Waals surface area contributed by atoms with Crippen LogP contribution in [-0.4, -0.2) is 34.5 Å². The van der Waals surface area contributed by atoms with Crippen LogP contribution in [0.2, 0.25) is 0 Å². The van der Waals surface area contributed by atoms with E-state index in [1.54, 1.807) is 0 Å². The van der Waals surface area contributed by atoms with Crippen LogP contribution < -0.4 is 0 Å². The number of nitrogens with zero attached hydrogens (tertiary/aromatic N) is 1. The van der Waals surface area contributed by atoms with Gasteiger partial charge in [-0.1, -0.05) is 0 Å². The first kappa shape index (κ1) is 6.99. The highest BCUT2D eigenvalue weighted by Crippen LogP contribution is 2.04. The fourth-order valence-electron chi connectivity index (χ4n) is 1.13. The Morgan fingerprint density at radius 1 is 1.25 bits per heavy atom. The van der Waals surface area contributed by atoms with E-state index in [4.69, 9.17) is 0 Å². The molecule has 0 aliphatic carbocycles. The standard InChI is InChI=1S/C4H12BrNSi2/c5-7-8-6-3-1-2-4-6/h1-4,7-8H2. The minimum absolute atomic E-state index is 0.262. The Hall–Kier alpha value is 0.874. The first-order chi connectivity index (χ1) is 3.93. The summed E-state index contributed by atoms with van der Waals surface area (Å²) in [5.41, 5.74) is 0. The normalized spacial score (nSPS) is 25.1. The van der Waals surface area contributed by atoms with E-state index in [0.717, 1.165) is 0 Å². The number of hydrogen-bond acceptors (Lipinski definition) is 1. The minimum atomic E-state index is 0.262. The Bertz CT molecular complexity index is 65.1. The van der Waals surface area contributed by atoms with E-state index in [9.17, 15) is 0 Å². The average Bonchev–Trinajstić information content (AvgIpc) is 2.19. The van der Waals surface area contributed by atoms with Gasteiger partial charge in [-0.05, 0) is 25.9 Å². The van der Waals surface area contributed by atoms with Crippen LogP contribution in [0.5, 0.6) is 0 Å². The van der Waals surface area contributed by atoms with Gasteiger partial charge >= 0.3 is 0 Å². The molecule has 1 heterocycles. The summed E-state index contributed by atoms with van der Waals surface area (Å²) in [4.78, 5) is 0. The lowest BCUT2D eigenvalue weighted by Gasteiger charge is -2.09. The van der Waals surface area contributed by atoms with Gasteiger partial charge in [0.25, 0.3) is 0 Å². The number of halogens is 1. The molecule has 0 bridgehead atoms. The summed E-state index contributed by atoms with van der Waals surface area (Å²) in [6, 6.07) is 0. The van der Waals surface area contributed by atoms with Gasteiger partial charge in [-0.15, -0.1) is 15.3 Å². The maximum Gasteiger partial charge on any atom is 0.102 e. The third-order valence-corrected chi connectivity index (χ3v) is 8.63. The molecule has 1 rings (SSSR count). The first-order valence-electron chi connectivity index (χ1n) is 3.22. The van der Waals surface area contributed by atoms with Gasteiger partial charge in [0.2, 0.25) is 0 Å². The van der Waals surface area contributed by atoms with Crippen molar-refractivity contribution in [3.05, 3.63) is 0 Å². The summed E-state index contributed by atoms with van der Waals surface area (Å²) in [7, 11) is 0.549. The highest BCUT2D eigenvalue weighted by Gasteiger charge is 2.09. The van der Waals surface area contributed by atoms with E-state index >= 15 is 0 Å². The van der Waals surface area contributed by atoms with Crippen LogP contribution in [0.25, 0.3) is 0 Å². The zero-order chi connectivity index (χ0) is 5.82. The van der Waals surface area contributed by atoms with E-state index in [2.05, 4.69) is 19.9 Å². The maximum atomic E-state index is 3.62. The summed E-state index contributed by atoms with van der Waals surface area (Å²) in [6.07, 6.45) is 2.93. The van der Waals surface area contributed by atoms with Crippen LogP contribution >= 0.6 is 15.3 Å². The zero-order valence-corrected chi connectivity index (χ0v) is 9.48. The summed E-state index contributed by atoms with van der Waals surface area (Å²) in [6.45, 7) is 2.84. The Labute approximate surface area is 62.9 Å². The van der Waals surface area contributed by atoms with Gasteiger partial charge in [0.05, 0.1) is 9.20 Å². The molecule has 1 fully saturated rings. The molecule has 0 radical (unpaired) electrons. The van der Waals surface area contributed by atoms with Crippen molar-refractivity contribution in [3.8, 4) is 0 Å². The predicted molar refractivity (Wildman–Crippen MR) is 46.8 cm³/mol. The largest absolute Gasteiger partial charge is 0.331 e. The van der Waals surface area contributed by atoms with Crippen molar-refractivity contribution in [2.45, 2.75) is 12.8 Å². The van der Waals surface area contributed by atoms with Crippen LogP contribution in [0.4, 0.5) is 0 Å². The minimum Gasteiger partial charge on any atom is -0.331 e. The number of hydrogen-bond donors (Lipinski definition) is 0. The van der Waals surface area contributed by atoms with Gasteiger partial charge in [-0.2, -0.15) is 0 Å². The van der Waals surface area contributed by atoms with Crippen LogP contribution in [0.1, 0.15) is 12.8 Å². The fourth-order valence-corrected chi connectivity index (χ4v) is 8.83. The Kier molecular flexibility index (Phi) is 3.33. The monoisotopic (exact) mass is 209 g/mol. The van der Waals surface area contributed by atoms with Crippen molar-refractivity contribution in [3.63, 3.8) is 0 Å². The Morgan fingerprint density at radius 2 is 1.88 bits per heavy atom. The molecule has 1 saturated heterocycles. The Morgan fingerprint density at radius 3 is 2.38 bits per heavy atom. The van der Waals surface area contributed by atoms with E-state index in [-0.39, 0.29) is 16.9 Å². The van der Waals surface area contributed by atoms with Crippen molar-refractivity contribution in [1.29, 1.82) is 0 Å². The van der Waals surface area contributed by atoms with E-state index in [1.807, 2.05) is 0 Å². The topological polar surface area (TPSA) is 3.24 Å².